The van der Waals surface area contributed by atoms with Crippen LogP contribution in [0.15, 0.2) is 60.7 Å². The third-order valence-electron chi connectivity index (χ3n) is 3.26. The van der Waals surface area contributed by atoms with Crippen LogP contribution in [-0.2, 0) is 9.47 Å². The molecule has 0 fully saturated rings. The van der Waals surface area contributed by atoms with Crippen LogP contribution in [0.5, 0.6) is 0 Å². The predicted molar refractivity (Wildman–Crippen MR) is 90.9 cm³/mol. The number of nitrogens with zero attached hydrogens (tertiary/aromatic N) is 1. The zero-order chi connectivity index (χ0) is 17.4. The van der Waals surface area contributed by atoms with Gasteiger partial charge in [-0.3, -0.25) is 0 Å². The van der Waals surface area contributed by atoms with E-state index in [1.807, 2.05) is 31.1 Å². The molecule has 5 nitrogen and oxygen atoms in total. The molecule has 0 saturated heterocycles. The molecule has 1 unspecified atom stereocenters. The van der Waals surface area contributed by atoms with E-state index < -0.39 is 18.0 Å². The van der Waals surface area contributed by atoms with Crippen molar-refractivity contribution in [3.05, 3.63) is 71.8 Å². The maximum atomic E-state index is 12.2. The Kier molecular flexibility index (Phi) is 6.51. The monoisotopic (exact) mass is 327 g/mol. The number of esters is 2. The highest BCUT2D eigenvalue weighted by molar-refractivity contribution is 5.90. The van der Waals surface area contributed by atoms with Gasteiger partial charge in [0.15, 0.2) is 0 Å². The zero-order valence-corrected chi connectivity index (χ0v) is 13.8. The van der Waals surface area contributed by atoms with Gasteiger partial charge < -0.3 is 14.4 Å². The fourth-order valence-corrected chi connectivity index (χ4v) is 2.15. The van der Waals surface area contributed by atoms with Gasteiger partial charge in [-0.2, -0.15) is 0 Å². The summed E-state index contributed by atoms with van der Waals surface area (Å²) in [6.07, 6.45) is -0.541. The third kappa shape index (κ3) is 5.52. The van der Waals surface area contributed by atoms with Crippen LogP contribution in [0.3, 0.4) is 0 Å². The van der Waals surface area contributed by atoms with Gasteiger partial charge in [-0.1, -0.05) is 36.4 Å². The molecule has 0 heterocycles. The Hall–Kier alpha value is -2.66. The summed E-state index contributed by atoms with van der Waals surface area (Å²) < 4.78 is 10.8. The van der Waals surface area contributed by atoms with Gasteiger partial charge in [0.1, 0.15) is 12.7 Å². The maximum absolute atomic E-state index is 12.2. The second-order valence-corrected chi connectivity index (χ2v) is 5.62. The number of hydrogen-bond donors (Lipinski definition) is 0. The highest BCUT2D eigenvalue weighted by atomic mass is 16.6. The Bertz CT molecular complexity index is 656. The molecule has 2 aromatic carbocycles. The molecule has 0 aliphatic heterocycles. The van der Waals surface area contributed by atoms with Gasteiger partial charge in [-0.25, -0.2) is 9.59 Å². The topological polar surface area (TPSA) is 55.8 Å². The van der Waals surface area contributed by atoms with Crippen LogP contribution >= 0.6 is 0 Å². The molecule has 0 aromatic heterocycles. The molecule has 0 amide bonds. The summed E-state index contributed by atoms with van der Waals surface area (Å²) in [5, 5.41) is 0. The first-order valence-electron chi connectivity index (χ1n) is 7.69. The van der Waals surface area contributed by atoms with Crippen LogP contribution in [0, 0.1) is 0 Å². The zero-order valence-electron chi connectivity index (χ0n) is 13.8. The molecule has 0 radical (unpaired) electrons. The molecule has 0 spiro atoms. The van der Waals surface area contributed by atoms with E-state index in [-0.39, 0.29) is 6.61 Å². The lowest BCUT2D eigenvalue weighted by Gasteiger charge is -2.21. The molecule has 0 aliphatic rings. The minimum Gasteiger partial charge on any atom is -0.458 e. The maximum Gasteiger partial charge on any atom is 0.338 e. The summed E-state index contributed by atoms with van der Waals surface area (Å²) >= 11 is 0. The number of likely N-dealkylation sites (N-methyl/N-ethyl adjacent to an activating group) is 1. The van der Waals surface area contributed by atoms with Crippen LogP contribution in [0.2, 0.25) is 0 Å². The Morgan fingerprint density at radius 1 is 0.875 bits per heavy atom. The van der Waals surface area contributed by atoms with Gasteiger partial charge in [-0.05, 0) is 38.4 Å². The van der Waals surface area contributed by atoms with E-state index in [2.05, 4.69) is 0 Å². The molecule has 0 aliphatic carbocycles. The lowest BCUT2D eigenvalue weighted by atomic mass is 10.2. The van der Waals surface area contributed by atoms with Crippen molar-refractivity contribution in [2.75, 3.05) is 27.2 Å². The lowest BCUT2D eigenvalue weighted by Crippen LogP contribution is -2.35. The minimum absolute atomic E-state index is 0.00445. The quantitative estimate of drug-likeness (QED) is 0.732. The van der Waals surface area contributed by atoms with Crippen molar-refractivity contribution in [3.63, 3.8) is 0 Å². The van der Waals surface area contributed by atoms with Crippen molar-refractivity contribution in [3.8, 4) is 0 Å². The van der Waals surface area contributed by atoms with Crippen molar-refractivity contribution in [2.24, 2.45) is 0 Å². The first-order chi connectivity index (χ1) is 11.6. The summed E-state index contributed by atoms with van der Waals surface area (Å²) in [6, 6.07) is 17.5. The Morgan fingerprint density at radius 2 is 1.38 bits per heavy atom. The van der Waals surface area contributed by atoms with E-state index >= 15 is 0 Å². The minimum atomic E-state index is -0.541. The lowest BCUT2D eigenvalue weighted by molar-refractivity contribution is -0.00680. The molecule has 5 heteroatoms. The molecule has 0 bridgehead atoms. The number of ether oxygens (including phenoxy) is 2. The molecule has 2 rings (SSSR count). The van der Waals surface area contributed by atoms with Crippen LogP contribution in [0.1, 0.15) is 20.7 Å². The molecule has 24 heavy (non-hydrogen) atoms. The van der Waals surface area contributed by atoms with E-state index in [9.17, 15) is 9.59 Å². The average Bonchev–Trinajstić information content (AvgIpc) is 2.60. The smallest absolute Gasteiger partial charge is 0.338 e. The second-order valence-electron chi connectivity index (χ2n) is 5.62. The van der Waals surface area contributed by atoms with Crippen molar-refractivity contribution in [1.82, 2.24) is 4.90 Å². The standard InChI is InChI=1S/C19H21NO4/c1-20(2)13-17(24-19(22)16-11-7-4-8-12-16)14-23-18(21)15-9-5-3-6-10-15/h3-12,17H,13-14H2,1-2H3. The molecule has 1 atom stereocenters. The highest BCUT2D eigenvalue weighted by Crippen LogP contribution is 2.07. The summed E-state index contributed by atoms with van der Waals surface area (Å²) in [6.45, 7) is 0.463. The predicted octanol–water partition coefficient (Wildman–Crippen LogP) is 2.63. The average molecular weight is 327 g/mol. The highest BCUT2D eigenvalue weighted by Gasteiger charge is 2.19. The third-order valence-corrected chi connectivity index (χ3v) is 3.26. The van der Waals surface area contributed by atoms with E-state index in [0.29, 0.717) is 17.7 Å². The molecular weight excluding hydrogens is 306 g/mol. The van der Waals surface area contributed by atoms with E-state index in [0.717, 1.165) is 0 Å². The van der Waals surface area contributed by atoms with Crippen LogP contribution in [0.4, 0.5) is 0 Å². The van der Waals surface area contributed by atoms with Crippen molar-refractivity contribution >= 4 is 11.9 Å². The Balaban J connectivity index is 1.95. The first kappa shape index (κ1) is 17.7. The van der Waals surface area contributed by atoms with Crippen LogP contribution < -0.4 is 0 Å². The van der Waals surface area contributed by atoms with Gasteiger partial charge >= 0.3 is 11.9 Å². The molecular formula is C19H21NO4. The SMILES string of the molecule is CN(C)CC(COC(=O)c1ccccc1)OC(=O)c1ccccc1. The van der Waals surface area contributed by atoms with Gasteiger partial charge in [0, 0.05) is 6.54 Å². The Labute approximate surface area is 141 Å². The fourth-order valence-electron chi connectivity index (χ4n) is 2.15. The molecule has 0 N–H and O–H groups in total. The first-order valence-corrected chi connectivity index (χ1v) is 7.69. The summed E-state index contributed by atoms with van der Waals surface area (Å²) in [4.78, 5) is 26.1. The van der Waals surface area contributed by atoms with Gasteiger partial charge in [-0.15, -0.1) is 0 Å². The number of carbonyl (C=O) groups excluding carboxylic acids is 2. The second kappa shape index (κ2) is 8.84. The number of carbonyl (C=O) groups is 2. The number of benzene rings is 2. The summed E-state index contributed by atoms with van der Waals surface area (Å²) in [5.74, 6) is -0.867. The van der Waals surface area contributed by atoms with Crippen molar-refractivity contribution < 1.29 is 19.1 Å². The van der Waals surface area contributed by atoms with E-state index in [4.69, 9.17) is 9.47 Å². The number of rotatable bonds is 7. The summed E-state index contributed by atoms with van der Waals surface area (Å²) in [5.41, 5.74) is 0.936. The summed E-state index contributed by atoms with van der Waals surface area (Å²) in [7, 11) is 3.73. The Morgan fingerprint density at radius 3 is 1.88 bits per heavy atom. The van der Waals surface area contributed by atoms with E-state index in [1.165, 1.54) is 0 Å². The largest absolute Gasteiger partial charge is 0.458 e. The molecule has 2 aromatic rings. The van der Waals surface area contributed by atoms with Gasteiger partial charge in [0.05, 0.1) is 11.1 Å². The van der Waals surface area contributed by atoms with Crippen molar-refractivity contribution in [1.29, 1.82) is 0 Å². The fraction of sp³-hybridized carbons (Fsp3) is 0.263. The van der Waals surface area contributed by atoms with E-state index in [1.54, 1.807) is 48.5 Å². The van der Waals surface area contributed by atoms with Crippen LogP contribution in [-0.4, -0.2) is 50.2 Å². The molecule has 0 saturated carbocycles. The van der Waals surface area contributed by atoms with Gasteiger partial charge in [0.25, 0.3) is 0 Å². The normalized spacial score (nSPS) is 11.8. The van der Waals surface area contributed by atoms with Crippen LogP contribution in [0.25, 0.3) is 0 Å². The van der Waals surface area contributed by atoms with Gasteiger partial charge in [0.2, 0.25) is 0 Å². The number of hydrogen-bond acceptors (Lipinski definition) is 5. The molecule has 126 valence electrons. The van der Waals surface area contributed by atoms with Crippen molar-refractivity contribution in [2.45, 2.75) is 6.10 Å².